The molecule has 3 amide bonds. The first-order valence-electron chi connectivity index (χ1n) is 13.5. The number of morpholine rings is 1. The number of piperidine rings is 1. The van der Waals surface area contributed by atoms with Gasteiger partial charge in [-0.2, -0.15) is 0 Å². The predicted octanol–water partition coefficient (Wildman–Crippen LogP) is -4.62. The van der Waals surface area contributed by atoms with E-state index in [1.165, 1.54) is 16.5 Å². The minimum Gasteiger partial charge on any atom is -0.501 e. The van der Waals surface area contributed by atoms with Crippen LogP contribution in [0, 0.1) is 0 Å². The number of ether oxygens (including phenoxy) is 2. The number of amides is 3. The summed E-state index contributed by atoms with van der Waals surface area (Å²) in [6.07, 6.45) is 0.561. The van der Waals surface area contributed by atoms with Crippen LogP contribution in [0.4, 0.5) is 0 Å². The molecule has 3 aliphatic heterocycles. The van der Waals surface area contributed by atoms with Crippen LogP contribution in [-0.4, -0.2) is 99.1 Å². The maximum Gasteiger partial charge on any atom is 0.255 e. The molecule has 38 heavy (non-hydrogen) atoms. The third kappa shape index (κ3) is 4.94. The molecule has 5 rings (SSSR count). The minimum atomic E-state index is -0.658. The van der Waals surface area contributed by atoms with Crippen LogP contribution in [0.5, 0.6) is 5.75 Å². The Morgan fingerprint density at radius 3 is 2.42 bits per heavy atom. The molecule has 2 aromatic carbocycles. The van der Waals surface area contributed by atoms with Gasteiger partial charge in [-0.25, -0.2) is 0 Å². The number of hydrogen-bond acceptors (Lipinski definition) is 6. The van der Waals surface area contributed by atoms with E-state index in [4.69, 9.17) is 9.47 Å². The van der Waals surface area contributed by atoms with E-state index in [1.807, 2.05) is 12.1 Å². The Hall–Kier alpha value is -2.91. The number of carbonyl (C=O) groups is 3. The van der Waals surface area contributed by atoms with Crippen LogP contribution in [0.1, 0.15) is 45.8 Å². The van der Waals surface area contributed by atoms with Crippen molar-refractivity contribution in [3.8, 4) is 5.75 Å². The lowest BCUT2D eigenvalue weighted by atomic mass is 9.55. The lowest BCUT2D eigenvalue weighted by Gasteiger charge is -2.35. The zero-order chi connectivity index (χ0) is 27.2. The highest BCUT2D eigenvalue weighted by atomic mass is 16.5. The SMILES string of the molecule is Bc1cc(C(B)N2CCOCC2)cc(B)c1C(B)(B)Oc1cccc2c1CN(C1CCC(=O)NC1=O)C2=O. The van der Waals surface area contributed by atoms with Crippen LogP contribution in [-0.2, 0) is 26.3 Å². The van der Waals surface area contributed by atoms with Gasteiger partial charge in [0.2, 0.25) is 11.8 Å². The molecule has 8 nitrogen and oxygen atoms in total. The number of hydrogen-bond donors (Lipinski definition) is 1. The molecule has 0 saturated carbocycles. The largest absolute Gasteiger partial charge is 0.501 e. The third-order valence-corrected chi connectivity index (χ3v) is 8.14. The Morgan fingerprint density at radius 2 is 1.76 bits per heavy atom. The Bertz CT molecular complexity index is 1280. The average molecular weight is 509 g/mol. The summed E-state index contributed by atoms with van der Waals surface area (Å²) in [6, 6.07) is 9.36. The van der Waals surface area contributed by atoms with Gasteiger partial charge < -0.3 is 14.4 Å². The molecule has 0 aliphatic carbocycles. The van der Waals surface area contributed by atoms with Gasteiger partial charge in [0.15, 0.2) is 15.7 Å². The molecule has 2 saturated heterocycles. The maximum atomic E-state index is 13.2. The van der Waals surface area contributed by atoms with E-state index in [-0.39, 0.29) is 24.8 Å². The van der Waals surface area contributed by atoms with Crippen LogP contribution in [0.25, 0.3) is 0 Å². The molecule has 13 heteroatoms. The van der Waals surface area contributed by atoms with Gasteiger partial charge in [0.1, 0.15) is 35.3 Å². The van der Waals surface area contributed by atoms with Crippen LogP contribution in [0.15, 0.2) is 30.3 Å². The van der Waals surface area contributed by atoms with Gasteiger partial charge in [-0.1, -0.05) is 29.1 Å². The smallest absolute Gasteiger partial charge is 0.255 e. The molecular formula is C25H32B5N3O5. The van der Waals surface area contributed by atoms with E-state index in [9.17, 15) is 14.4 Å². The number of imide groups is 1. The van der Waals surface area contributed by atoms with Crippen LogP contribution >= 0.6 is 0 Å². The van der Waals surface area contributed by atoms with Crippen molar-refractivity contribution in [1.82, 2.24) is 15.1 Å². The zero-order valence-corrected chi connectivity index (χ0v) is 22.9. The number of rotatable bonds is 6. The van der Waals surface area contributed by atoms with Crippen LogP contribution in [0.3, 0.4) is 0 Å². The number of fused-ring (bicyclic) bond motifs is 1. The fourth-order valence-corrected chi connectivity index (χ4v) is 6.34. The second-order valence-corrected chi connectivity index (χ2v) is 11.1. The number of benzene rings is 2. The normalized spacial score (nSPS) is 21.2. The first-order chi connectivity index (χ1) is 18.1. The lowest BCUT2D eigenvalue weighted by molar-refractivity contribution is -0.136. The van der Waals surface area contributed by atoms with Gasteiger partial charge in [0.05, 0.1) is 25.2 Å². The molecule has 2 atom stereocenters. The number of carbonyl (C=O) groups excluding carboxylic acids is 3. The van der Waals surface area contributed by atoms with Crippen molar-refractivity contribution in [2.24, 2.45) is 0 Å². The topological polar surface area (TPSA) is 88.2 Å². The summed E-state index contributed by atoms with van der Waals surface area (Å²) in [5, 5.41) is 1.70. The summed E-state index contributed by atoms with van der Waals surface area (Å²) in [6.45, 7) is 3.69. The third-order valence-electron chi connectivity index (χ3n) is 8.14. The Labute approximate surface area is 228 Å². The van der Waals surface area contributed by atoms with E-state index < -0.39 is 17.3 Å². The van der Waals surface area contributed by atoms with Crippen molar-refractivity contribution in [3.63, 3.8) is 0 Å². The molecule has 3 heterocycles. The summed E-state index contributed by atoms with van der Waals surface area (Å²) in [4.78, 5) is 41.3. The summed E-state index contributed by atoms with van der Waals surface area (Å²) >= 11 is 0. The van der Waals surface area contributed by atoms with Gasteiger partial charge >= 0.3 is 0 Å². The monoisotopic (exact) mass is 509 g/mol. The van der Waals surface area contributed by atoms with Crippen molar-refractivity contribution >= 4 is 67.9 Å². The maximum absolute atomic E-state index is 13.2. The first kappa shape index (κ1) is 26.7. The van der Waals surface area contributed by atoms with E-state index >= 15 is 0 Å². The molecule has 2 aromatic rings. The van der Waals surface area contributed by atoms with E-state index in [0.717, 1.165) is 37.4 Å². The highest BCUT2D eigenvalue weighted by molar-refractivity contribution is 6.47. The van der Waals surface area contributed by atoms with Gasteiger partial charge in [-0.05, 0) is 29.7 Å². The van der Waals surface area contributed by atoms with Gasteiger partial charge in [-0.3, -0.25) is 24.6 Å². The summed E-state index contributed by atoms with van der Waals surface area (Å²) < 4.78 is 12.2. The molecule has 0 bridgehead atoms. The fraction of sp³-hybridized carbons (Fsp3) is 0.400. The van der Waals surface area contributed by atoms with Crippen LogP contribution < -0.4 is 21.0 Å². The molecule has 3 aliphatic rings. The fourth-order valence-electron chi connectivity index (χ4n) is 6.34. The van der Waals surface area contributed by atoms with E-state index in [1.54, 1.807) is 11.0 Å². The Kier molecular flexibility index (Phi) is 7.26. The second-order valence-electron chi connectivity index (χ2n) is 11.1. The van der Waals surface area contributed by atoms with Crippen molar-refractivity contribution in [1.29, 1.82) is 0 Å². The van der Waals surface area contributed by atoms with Gasteiger partial charge in [-0.15, -0.1) is 0 Å². The first-order valence-corrected chi connectivity index (χ1v) is 13.5. The highest BCUT2D eigenvalue weighted by Gasteiger charge is 2.41. The Balaban J connectivity index is 1.39. The quantitative estimate of drug-likeness (QED) is 0.312. The molecule has 2 unspecified atom stereocenters. The van der Waals surface area contributed by atoms with Gasteiger partial charge in [0, 0.05) is 36.6 Å². The summed E-state index contributed by atoms with van der Waals surface area (Å²) in [5.74, 6) is 0.0305. The van der Waals surface area contributed by atoms with Crippen molar-refractivity contribution in [2.75, 3.05) is 26.3 Å². The molecule has 192 valence electrons. The van der Waals surface area contributed by atoms with Gasteiger partial charge in [0.25, 0.3) is 5.91 Å². The van der Waals surface area contributed by atoms with E-state index in [2.05, 4.69) is 61.6 Å². The highest BCUT2D eigenvalue weighted by Crippen LogP contribution is 2.35. The van der Waals surface area contributed by atoms with Crippen molar-refractivity contribution in [2.45, 2.75) is 36.8 Å². The van der Waals surface area contributed by atoms with E-state index in [0.29, 0.717) is 23.7 Å². The average Bonchev–Trinajstić information content (AvgIpc) is 3.20. The molecule has 2 fully saturated rings. The zero-order valence-electron chi connectivity index (χ0n) is 22.9. The van der Waals surface area contributed by atoms with Crippen molar-refractivity contribution in [3.05, 3.63) is 52.6 Å². The Morgan fingerprint density at radius 1 is 1.08 bits per heavy atom. The molecule has 0 spiro atoms. The predicted molar refractivity (Wildman–Crippen MR) is 158 cm³/mol. The molecule has 0 radical (unpaired) electrons. The molecular weight excluding hydrogens is 476 g/mol. The number of nitrogens with one attached hydrogen (secondary N) is 1. The lowest BCUT2D eigenvalue weighted by Crippen LogP contribution is -2.52. The van der Waals surface area contributed by atoms with Crippen molar-refractivity contribution < 1.29 is 23.9 Å². The molecule has 0 aromatic heterocycles. The minimum absolute atomic E-state index is 0.202. The molecule has 1 N–H and O–H groups in total. The second kappa shape index (κ2) is 10.3. The summed E-state index contributed by atoms with van der Waals surface area (Å²) in [5.41, 5.74) is 6.07. The van der Waals surface area contributed by atoms with Crippen LogP contribution in [0.2, 0.25) is 0 Å². The number of nitrogens with zero attached hydrogens (tertiary/aromatic N) is 2. The standard InChI is InChI=1S/C25H32B5N3O5/c26-16-10-13(22(28)32-6-8-37-9-7-32)11-17(27)21(16)25(29,30)38-19-3-1-2-14-15(19)12-33(24(14)36)18-4-5-20(34)31-23(18)35/h1-3,10-11,18,22H,4-9,12,26-30H2,(H,31,34,35). The summed E-state index contributed by atoms with van der Waals surface area (Å²) in [7, 11) is 10.6.